The van der Waals surface area contributed by atoms with Crippen molar-refractivity contribution in [2.75, 3.05) is 6.54 Å². The summed E-state index contributed by atoms with van der Waals surface area (Å²) >= 11 is 6.35. The molecule has 4 heterocycles. The number of rotatable bonds is 3. The highest BCUT2D eigenvalue weighted by molar-refractivity contribution is 6.31. The van der Waals surface area contributed by atoms with Crippen molar-refractivity contribution in [3.63, 3.8) is 0 Å². The molecule has 8 heteroatoms. The van der Waals surface area contributed by atoms with Gasteiger partial charge in [-0.3, -0.25) is 4.90 Å². The van der Waals surface area contributed by atoms with E-state index in [1.807, 2.05) is 6.20 Å². The third-order valence-electron chi connectivity index (χ3n) is 9.12. The largest absolute Gasteiger partial charge is 0.416 e. The first-order valence-corrected chi connectivity index (χ1v) is 14.1. The third kappa shape index (κ3) is 3.53. The molecule has 2 atom stereocenters. The van der Waals surface area contributed by atoms with Crippen molar-refractivity contribution in [3.05, 3.63) is 111 Å². The second-order valence-electron chi connectivity index (χ2n) is 11.6. The third-order valence-corrected chi connectivity index (χ3v) is 9.48. The summed E-state index contributed by atoms with van der Waals surface area (Å²) in [6, 6.07) is 10.5. The zero-order valence-corrected chi connectivity index (χ0v) is 23.4. The number of aryl methyl sites for hydroxylation is 1. The van der Waals surface area contributed by atoms with E-state index in [1.54, 1.807) is 6.07 Å². The van der Waals surface area contributed by atoms with Gasteiger partial charge in [0.15, 0.2) is 0 Å². The minimum Gasteiger partial charge on any atom is -0.378 e. The Hall–Kier alpha value is -3.29. The van der Waals surface area contributed by atoms with Crippen LogP contribution in [0.4, 0.5) is 13.2 Å². The molecular formula is C32H30ClF3N4. The van der Waals surface area contributed by atoms with Crippen LogP contribution in [0.2, 0.25) is 5.02 Å². The Morgan fingerprint density at radius 1 is 1.10 bits per heavy atom. The van der Waals surface area contributed by atoms with Gasteiger partial charge in [0, 0.05) is 42.2 Å². The highest BCUT2D eigenvalue weighted by Crippen LogP contribution is 2.55. The van der Waals surface area contributed by atoms with Gasteiger partial charge in [0.25, 0.3) is 0 Å². The van der Waals surface area contributed by atoms with Crippen LogP contribution in [0.3, 0.4) is 0 Å². The molecule has 3 aliphatic heterocycles. The molecule has 4 aliphatic rings. The van der Waals surface area contributed by atoms with Crippen LogP contribution in [0.1, 0.15) is 60.0 Å². The summed E-state index contributed by atoms with van der Waals surface area (Å²) in [7, 11) is 0. The van der Waals surface area contributed by atoms with Crippen LogP contribution in [0, 0.1) is 0 Å². The number of nitrogens with zero attached hydrogens (tertiary/aromatic N) is 3. The van der Waals surface area contributed by atoms with E-state index >= 15 is 0 Å². The van der Waals surface area contributed by atoms with E-state index in [0.29, 0.717) is 19.5 Å². The molecule has 0 amide bonds. The van der Waals surface area contributed by atoms with Crippen molar-refractivity contribution in [2.45, 2.75) is 63.8 Å². The van der Waals surface area contributed by atoms with E-state index in [9.17, 15) is 13.2 Å². The molecule has 2 unspecified atom stereocenters. The molecule has 1 N–H and O–H groups in total. The van der Waals surface area contributed by atoms with E-state index in [0.717, 1.165) is 35.1 Å². The van der Waals surface area contributed by atoms with Crippen LogP contribution in [-0.2, 0) is 37.5 Å². The highest BCUT2D eigenvalue weighted by atomic mass is 35.5. The van der Waals surface area contributed by atoms with Gasteiger partial charge in [-0.1, -0.05) is 54.9 Å². The number of hydrogen-bond donors (Lipinski definition) is 1. The Morgan fingerprint density at radius 2 is 1.90 bits per heavy atom. The maximum atomic E-state index is 13.9. The molecule has 0 bridgehead atoms. The van der Waals surface area contributed by atoms with Crippen LogP contribution in [0.5, 0.6) is 0 Å². The zero-order chi connectivity index (χ0) is 28.0. The quantitative estimate of drug-likeness (QED) is 0.345. The van der Waals surface area contributed by atoms with Crippen molar-refractivity contribution >= 4 is 17.2 Å². The summed E-state index contributed by atoms with van der Waals surface area (Å²) < 4.78 is 43.7. The molecule has 4 nitrogen and oxygen atoms in total. The SMILES string of the molecule is CCc1cccc2c1-n1nc3c(c1C1(C)C=CC4(C)NC=CC4=C21)CN(Cc1c(Cl)cccc1C(F)(F)F)CC3. The van der Waals surface area contributed by atoms with Crippen molar-refractivity contribution in [3.8, 4) is 5.69 Å². The lowest BCUT2D eigenvalue weighted by molar-refractivity contribution is -0.138. The monoisotopic (exact) mass is 562 g/mol. The van der Waals surface area contributed by atoms with Gasteiger partial charge in [-0.05, 0) is 67.0 Å². The molecule has 40 heavy (non-hydrogen) atoms. The summed E-state index contributed by atoms with van der Waals surface area (Å²) in [5, 5.41) is 8.86. The van der Waals surface area contributed by atoms with Crippen molar-refractivity contribution < 1.29 is 13.2 Å². The number of alkyl halides is 3. The number of allylic oxidation sites excluding steroid dienone is 2. The van der Waals surface area contributed by atoms with Gasteiger partial charge in [0.05, 0.1) is 33.6 Å². The van der Waals surface area contributed by atoms with E-state index < -0.39 is 17.2 Å². The summed E-state index contributed by atoms with van der Waals surface area (Å²) in [5.74, 6) is 0. The average molecular weight is 563 g/mol. The van der Waals surface area contributed by atoms with Gasteiger partial charge in [0.1, 0.15) is 0 Å². The van der Waals surface area contributed by atoms with Crippen LogP contribution in [-0.4, -0.2) is 26.8 Å². The smallest absolute Gasteiger partial charge is 0.378 e. The fraction of sp³-hybridized carbons (Fsp3) is 0.344. The van der Waals surface area contributed by atoms with Gasteiger partial charge in [-0.15, -0.1) is 0 Å². The number of para-hydroxylation sites is 1. The highest BCUT2D eigenvalue weighted by Gasteiger charge is 2.49. The molecule has 0 radical (unpaired) electrons. The first kappa shape index (κ1) is 25.7. The normalized spacial score (nSPS) is 24.8. The van der Waals surface area contributed by atoms with Crippen LogP contribution >= 0.6 is 11.6 Å². The van der Waals surface area contributed by atoms with Gasteiger partial charge >= 0.3 is 6.18 Å². The van der Waals surface area contributed by atoms with Crippen molar-refractivity contribution in [2.24, 2.45) is 0 Å². The van der Waals surface area contributed by atoms with Crippen LogP contribution < -0.4 is 5.32 Å². The maximum absolute atomic E-state index is 13.9. The van der Waals surface area contributed by atoms with E-state index in [4.69, 9.17) is 16.7 Å². The van der Waals surface area contributed by atoms with E-state index in [-0.39, 0.29) is 22.7 Å². The minimum atomic E-state index is -4.46. The molecule has 206 valence electrons. The van der Waals surface area contributed by atoms with Gasteiger partial charge in [-0.25, -0.2) is 4.68 Å². The summed E-state index contributed by atoms with van der Waals surface area (Å²) in [5.41, 5.74) is 7.99. The number of nitrogens with one attached hydrogen (secondary N) is 1. The first-order chi connectivity index (χ1) is 19.0. The number of benzene rings is 2. The molecule has 0 saturated heterocycles. The lowest BCUT2D eigenvalue weighted by atomic mass is 9.64. The lowest BCUT2D eigenvalue weighted by Crippen LogP contribution is -2.43. The van der Waals surface area contributed by atoms with Gasteiger partial charge < -0.3 is 5.32 Å². The minimum absolute atomic E-state index is 0.126. The Labute approximate surface area is 236 Å². The molecule has 1 aromatic heterocycles. The molecule has 0 fully saturated rings. The zero-order valence-electron chi connectivity index (χ0n) is 22.7. The number of halogens is 4. The van der Waals surface area contributed by atoms with Gasteiger partial charge in [-0.2, -0.15) is 18.3 Å². The van der Waals surface area contributed by atoms with Crippen LogP contribution in [0.25, 0.3) is 11.3 Å². The molecule has 0 spiro atoms. The Balaban J connectivity index is 1.39. The fourth-order valence-electron chi connectivity index (χ4n) is 7.14. The fourth-order valence-corrected chi connectivity index (χ4v) is 7.38. The van der Waals surface area contributed by atoms with E-state index in [2.05, 4.69) is 72.1 Å². The predicted molar refractivity (Wildman–Crippen MR) is 151 cm³/mol. The summed E-state index contributed by atoms with van der Waals surface area (Å²) in [6.45, 7) is 7.85. The Kier molecular flexibility index (Phi) is 5.52. The Morgan fingerprint density at radius 3 is 2.67 bits per heavy atom. The number of aromatic nitrogens is 2. The molecule has 2 aromatic carbocycles. The first-order valence-electron chi connectivity index (χ1n) is 13.8. The van der Waals surface area contributed by atoms with Crippen molar-refractivity contribution in [1.29, 1.82) is 0 Å². The van der Waals surface area contributed by atoms with Crippen LogP contribution in [0.15, 0.2) is 66.4 Å². The molecule has 1 aliphatic carbocycles. The molecule has 0 saturated carbocycles. The molecule has 7 rings (SSSR count). The second-order valence-corrected chi connectivity index (χ2v) is 12.0. The standard InChI is InChI=1S/C32H30ClF3N4/c1-4-19-7-5-8-20-27-24-11-15-37-31(24,3)14-13-30(27,2)29-22-18-39(16-12-26(22)38-40(29)28(19)20)17-21-23(32(34,35)36)9-6-10-25(21)33/h5-11,13-15,37H,4,12,16-18H2,1-3H3. The second kappa shape index (κ2) is 8.60. The maximum Gasteiger partial charge on any atom is 0.416 e. The average Bonchev–Trinajstić information content (AvgIpc) is 3.49. The number of fused-ring (bicyclic) bond motifs is 9. The number of hydrogen-bond acceptors (Lipinski definition) is 3. The molecule has 3 aromatic rings. The van der Waals surface area contributed by atoms with Gasteiger partial charge in [0.2, 0.25) is 0 Å². The van der Waals surface area contributed by atoms with Crippen molar-refractivity contribution in [1.82, 2.24) is 20.0 Å². The summed E-state index contributed by atoms with van der Waals surface area (Å²) in [4.78, 5) is 2.08. The topological polar surface area (TPSA) is 33.1 Å². The van der Waals surface area contributed by atoms with E-state index in [1.165, 1.54) is 28.3 Å². The summed E-state index contributed by atoms with van der Waals surface area (Å²) in [6.07, 6.45) is 5.80. The molecular weight excluding hydrogens is 533 g/mol. The predicted octanol–water partition coefficient (Wildman–Crippen LogP) is 7.14. The Bertz CT molecular complexity index is 1660. The lowest BCUT2D eigenvalue weighted by Gasteiger charge is -2.44.